The van der Waals surface area contributed by atoms with Crippen molar-refractivity contribution in [2.45, 2.75) is 39.5 Å². The number of carbonyl (C=O) groups excluding carboxylic acids is 1. The van der Waals surface area contributed by atoms with E-state index in [1.165, 1.54) is 10.8 Å². The zero-order valence-electron chi connectivity index (χ0n) is 13.7. The van der Waals surface area contributed by atoms with Gasteiger partial charge < -0.3 is 14.5 Å². The second-order valence-electron chi connectivity index (χ2n) is 6.01. The first kappa shape index (κ1) is 15.5. The van der Waals surface area contributed by atoms with Crippen molar-refractivity contribution in [3.05, 3.63) is 36.2 Å². The largest absolute Gasteiger partial charge is 0.494 e. The molecule has 23 heavy (non-hydrogen) atoms. The van der Waals surface area contributed by atoms with Gasteiger partial charge in [-0.15, -0.1) is 0 Å². The summed E-state index contributed by atoms with van der Waals surface area (Å²) in [4.78, 5) is 18.6. The molecule has 3 rings (SSSR count). The number of hydrogen-bond acceptors (Lipinski definition) is 3. The molecule has 3 aromatic rings. The smallest absolute Gasteiger partial charge is 0.129 e. The third-order valence-electron chi connectivity index (χ3n) is 4.12. The molecule has 1 N–H and O–H groups in total. The van der Waals surface area contributed by atoms with Crippen LogP contribution in [0.25, 0.3) is 21.8 Å². The van der Waals surface area contributed by atoms with Gasteiger partial charge in [-0.2, -0.15) is 0 Å². The van der Waals surface area contributed by atoms with Gasteiger partial charge in [0.2, 0.25) is 0 Å². The number of nitrogens with zero attached hydrogens (tertiary/aromatic N) is 1. The molecule has 0 unspecified atom stereocenters. The number of aromatic nitrogens is 2. The van der Waals surface area contributed by atoms with Crippen molar-refractivity contribution in [2.75, 3.05) is 6.61 Å². The number of aromatic amines is 1. The summed E-state index contributed by atoms with van der Waals surface area (Å²) < 4.78 is 5.83. The molecule has 0 spiro atoms. The zero-order chi connectivity index (χ0) is 16.2. The van der Waals surface area contributed by atoms with E-state index in [4.69, 9.17) is 4.74 Å². The number of H-pyrrole nitrogens is 1. The van der Waals surface area contributed by atoms with E-state index in [1.54, 1.807) is 6.92 Å². The van der Waals surface area contributed by atoms with Gasteiger partial charge in [-0.25, -0.2) is 0 Å². The number of pyridine rings is 1. The third-order valence-corrected chi connectivity index (χ3v) is 4.12. The Bertz CT molecular complexity index is 836. The Morgan fingerprint density at radius 2 is 2.04 bits per heavy atom. The summed E-state index contributed by atoms with van der Waals surface area (Å²) in [5.74, 6) is 1.14. The molecule has 0 atom stereocenters. The van der Waals surface area contributed by atoms with Crippen molar-refractivity contribution >= 4 is 27.6 Å². The highest BCUT2D eigenvalue weighted by Gasteiger charge is 2.07. The van der Waals surface area contributed by atoms with Crippen molar-refractivity contribution in [2.24, 2.45) is 0 Å². The zero-order valence-corrected chi connectivity index (χ0v) is 13.7. The van der Waals surface area contributed by atoms with Crippen molar-refractivity contribution in [1.29, 1.82) is 0 Å². The minimum Gasteiger partial charge on any atom is -0.494 e. The number of rotatable bonds is 7. The van der Waals surface area contributed by atoms with Gasteiger partial charge in [0.05, 0.1) is 23.3 Å². The van der Waals surface area contributed by atoms with Gasteiger partial charge in [0.15, 0.2) is 0 Å². The highest BCUT2D eigenvalue weighted by molar-refractivity contribution is 6.08. The van der Waals surface area contributed by atoms with E-state index in [-0.39, 0.29) is 5.78 Å². The number of Topliss-reactive ketones (excluding diaryl/α,β-unsaturated/α-hetero) is 1. The molecule has 0 aliphatic rings. The van der Waals surface area contributed by atoms with Crippen LogP contribution in [0.15, 0.2) is 30.5 Å². The normalized spacial score (nSPS) is 11.2. The van der Waals surface area contributed by atoms with Crippen molar-refractivity contribution < 1.29 is 9.53 Å². The second-order valence-corrected chi connectivity index (χ2v) is 6.01. The maximum Gasteiger partial charge on any atom is 0.129 e. The van der Waals surface area contributed by atoms with E-state index in [9.17, 15) is 4.79 Å². The number of hydrogen-bond donors (Lipinski definition) is 1. The van der Waals surface area contributed by atoms with E-state index in [0.29, 0.717) is 13.0 Å². The van der Waals surface area contributed by atoms with Crippen LogP contribution < -0.4 is 4.74 Å². The third kappa shape index (κ3) is 3.52. The Morgan fingerprint density at radius 3 is 2.87 bits per heavy atom. The minimum atomic E-state index is 0.264. The first-order valence-corrected chi connectivity index (χ1v) is 8.14. The standard InChI is InChI=1S/C19H22N2O2/c1-13(22)6-4-3-5-11-23-15-7-8-16-17-9-10-20-14(2)19(17)21-18(16)12-15/h7-10,12,21H,3-6,11H2,1-2H3. The fraction of sp³-hybridized carbons (Fsp3) is 0.368. The Hall–Kier alpha value is -2.36. The van der Waals surface area contributed by atoms with Gasteiger partial charge in [0, 0.05) is 29.5 Å². The van der Waals surface area contributed by atoms with Gasteiger partial charge in [0.1, 0.15) is 11.5 Å². The van der Waals surface area contributed by atoms with E-state index < -0.39 is 0 Å². The number of aryl methyl sites for hydroxylation is 1. The average Bonchev–Trinajstić information content (AvgIpc) is 2.90. The molecule has 0 radical (unpaired) electrons. The molecule has 1 aromatic carbocycles. The van der Waals surface area contributed by atoms with Crippen LogP contribution in [0.5, 0.6) is 5.75 Å². The summed E-state index contributed by atoms with van der Waals surface area (Å²) in [5, 5.41) is 2.39. The minimum absolute atomic E-state index is 0.264. The molecule has 4 heteroatoms. The molecular formula is C19H22N2O2. The van der Waals surface area contributed by atoms with Crippen LogP contribution in [0.4, 0.5) is 0 Å². The number of benzene rings is 1. The molecule has 0 aliphatic heterocycles. The lowest BCUT2D eigenvalue weighted by molar-refractivity contribution is -0.117. The predicted molar refractivity (Wildman–Crippen MR) is 93.0 cm³/mol. The van der Waals surface area contributed by atoms with Gasteiger partial charge in [-0.3, -0.25) is 4.98 Å². The van der Waals surface area contributed by atoms with Crippen LogP contribution in [0.1, 0.15) is 38.3 Å². The van der Waals surface area contributed by atoms with E-state index in [1.807, 2.05) is 31.3 Å². The lowest BCUT2D eigenvalue weighted by Crippen LogP contribution is -1.98. The van der Waals surface area contributed by atoms with Gasteiger partial charge in [-0.05, 0) is 51.3 Å². The van der Waals surface area contributed by atoms with Gasteiger partial charge in [-0.1, -0.05) is 0 Å². The Kier molecular flexibility index (Phi) is 4.60. The van der Waals surface area contributed by atoms with Gasteiger partial charge in [0.25, 0.3) is 0 Å². The molecule has 0 saturated heterocycles. The number of nitrogens with one attached hydrogen (secondary N) is 1. The summed E-state index contributed by atoms with van der Waals surface area (Å²) in [5.41, 5.74) is 3.17. The maximum atomic E-state index is 10.9. The molecule has 120 valence electrons. The molecular weight excluding hydrogens is 288 g/mol. The van der Waals surface area contributed by atoms with E-state index in [2.05, 4.69) is 16.0 Å². The lowest BCUT2D eigenvalue weighted by atomic mass is 10.1. The first-order valence-electron chi connectivity index (χ1n) is 8.14. The topological polar surface area (TPSA) is 55.0 Å². The number of unbranched alkanes of at least 4 members (excludes halogenated alkanes) is 2. The number of carbonyl (C=O) groups is 1. The summed E-state index contributed by atoms with van der Waals surface area (Å²) >= 11 is 0. The van der Waals surface area contributed by atoms with Crippen molar-refractivity contribution in [3.63, 3.8) is 0 Å². The maximum absolute atomic E-state index is 10.9. The predicted octanol–water partition coefficient (Wildman–Crippen LogP) is 4.55. The lowest BCUT2D eigenvalue weighted by Gasteiger charge is -2.06. The number of ether oxygens (including phenoxy) is 1. The summed E-state index contributed by atoms with van der Waals surface area (Å²) in [6.45, 7) is 4.34. The van der Waals surface area contributed by atoms with Crippen LogP contribution in [0.3, 0.4) is 0 Å². The van der Waals surface area contributed by atoms with Crippen LogP contribution in [-0.2, 0) is 4.79 Å². The molecule has 4 nitrogen and oxygen atoms in total. The SMILES string of the molecule is CC(=O)CCCCCOc1ccc2c(c1)[nH]c1c(C)nccc12. The molecule has 2 aromatic heterocycles. The summed E-state index contributed by atoms with van der Waals surface area (Å²) in [6, 6.07) is 8.20. The summed E-state index contributed by atoms with van der Waals surface area (Å²) in [7, 11) is 0. The van der Waals surface area contributed by atoms with Crippen LogP contribution >= 0.6 is 0 Å². The molecule has 2 heterocycles. The monoisotopic (exact) mass is 310 g/mol. The fourth-order valence-corrected chi connectivity index (χ4v) is 2.88. The number of fused-ring (bicyclic) bond motifs is 3. The fourth-order valence-electron chi connectivity index (χ4n) is 2.88. The Balaban J connectivity index is 1.65. The highest BCUT2D eigenvalue weighted by atomic mass is 16.5. The van der Waals surface area contributed by atoms with Crippen molar-refractivity contribution in [1.82, 2.24) is 9.97 Å². The summed E-state index contributed by atoms with van der Waals surface area (Å²) in [6.07, 6.45) is 5.47. The highest BCUT2D eigenvalue weighted by Crippen LogP contribution is 2.29. The van der Waals surface area contributed by atoms with Gasteiger partial charge >= 0.3 is 0 Å². The molecule has 0 saturated carbocycles. The Labute approximate surface area is 135 Å². The van der Waals surface area contributed by atoms with Crippen molar-refractivity contribution in [3.8, 4) is 5.75 Å². The second kappa shape index (κ2) is 6.82. The van der Waals surface area contributed by atoms with Crippen LogP contribution in [0.2, 0.25) is 0 Å². The average molecular weight is 310 g/mol. The number of ketones is 1. The molecule has 0 amide bonds. The quantitative estimate of drug-likeness (QED) is 0.651. The van der Waals surface area contributed by atoms with E-state index in [0.717, 1.165) is 41.7 Å². The van der Waals surface area contributed by atoms with Crippen LogP contribution in [0, 0.1) is 6.92 Å². The van der Waals surface area contributed by atoms with E-state index >= 15 is 0 Å². The Morgan fingerprint density at radius 1 is 1.17 bits per heavy atom. The molecule has 0 fully saturated rings. The first-order chi connectivity index (χ1) is 11.1. The molecule has 0 bridgehead atoms. The van der Waals surface area contributed by atoms with Crippen LogP contribution in [-0.4, -0.2) is 22.4 Å². The molecule has 0 aliphatic carbocycles.